The van der Waals surface area contributed by atoms with Gasteiger partial charge in [-0.05, 0) is 36.2 Å². The van der Waals surface area contributed by atoms with Gasteiger partial charge in [0.25, 0.3) is 0 Å². The first-order chi connectivity index (χ1) is 10.1. The fraction of sp³-hybridized carbons (Fsp3) is 0.267. The maximum Gasteiger partial charge on any atom is 0.242 e. The lowest BCUT2D eigenvalue weighted by Crippen LogP contribution is -2.24. The van der Waals surface area contributed by atoms with Gasteiger partial charge in [0.2, 0.25) is 10.0 Å². The van der Waals surface area contributed by atoms with Gasteiger partial charge < -0.3 is 5.32 Å². The molecule has 21 heavy (non-hydrogen) atoms. The molecule has 1 aromatic heterocycles. The summed E-state index contributed by atoms with van der Waals surface area (Å²) in [6.07, 6.45) is 4.21. The molecular weight excluding hydrogens is 286 g/mol. The van der Waals surface area contributed by atoms with Gasteiger partial charge in [-0.25, -0.2) is 13.1 Å². The van der Waals surface area contributed by atoms with Gasteiger partial charge in [0.1, 0.15) is 4.90 Å². The van der Waals surface area contributed by atoms with Crippen LogP contribution in [0.25, 0.3) is 0 Å². The maximum absolute atomic E-state index is 12.4. The molecule has 2 aromatic rings. The Labute approximate surface area is 125 Å². The fourth-order valence-corrected chi connectivity index (χ4v) is 3.06. The van der Waals surface area contributed by atoms with E-state index < -0.39 is 10.0 Å². The Morgan fingerprint density at radius 1 is 1.10 bits per heavy atom. The maximum atomic E-state index is 12.4. The zero-order valence-corrected chi connectivity index (χ0v) is 12.7. The summed E-state index contributed by atoms with van der Waals surface area (Å²) in [5.74, 6) is 0. The van der Waals surface area contributed by atoms with E-state index in [4.69, 9.17) is 0 Å². The van der Waals surface area contributed by atoms with Crippen molar-refractivity contribution in [3.63, 3.8) is 0 Å². The molecule has 0 aliphatic carbocycles. The normalized spacial score (nSPS) is 11.3. The minimum Gasteiger partial charge on any atom is -0.384 e. The van der Waals surface area contributed by atoms with Gasteiger partial charge in [-0.2, -0.15) is 0 Å². The van der Waals surface area contributed by atoms with Crippen LogP contribution in [-0.2, 0) is 16.6 Å². The van der Waals surface area contributed by atoms with E-state index in [9.17, 15) is 8.42 Å². The molecule has 2 rings (SSSR count). The number of rotatable bonds is 7. The third-order valence-electron chi connectivity index (χ3n) is 2.96. The minimum atomic E-state index is -3.55. The SMILES string of the molecule is CCCNc1ccccc1S(=O)(=O)NCc1ccncc1. The first-order valence-corrected chi connectivity index (χ1v) is 8.33. The smallest absolute Gasteiger partial charge is 0.242 e. The molecule has 0 radical (unpaired) electrons. The molecule has 1 aromatic carbocycles. The molecule has 0 unspecified atom stereocenters. The van der Waals surface area contributed by atoms with Crippen molar-refractivity contribution in [3.8, 4) is 0 Å². The minimum absolute atomic E-state index is 0.243. The molecule has 2 N–H and O–H groups in total. The molecule has 0 atom stereocenters. The van der Waals surface area contributed by atoms with Crippen molar-refractivity contribution in [2.75, 3.05) is 11.9 Å². The molecule has 6 heteroatoms. The second kappa shape index (κ2) is 7.19. The van der Waals surface area contributed by atoms with Gasteiger partial charge in [-0.15, -0.1) is 0 Å². The molecule has 0 spiro atoms. The van der Waals surface area contributed by atoms with Gasteiger partial charge in [-0.3, -0.25) is 4.98 Å². The predicted molar refractivity (Wildman–Crippen MR) is 83.5 cm³/mol. The summed E-state index contributed by atoms with van der Waals surface area (Å²) >= 11 is 0. The number of pyridine rings is 1. The zero-order chi connectivity index (χ0) is 15.1. The monoisotopic (exact) mass is 305 g/mol. The molecule has 0 aliphatic rings. The van der Waals surface area contributed by atoms with Crippen LogP contribution in [0.3, 0.4) is 0 Å². The quantitative estimate of drug-likeness (QED) is 0.824. The van der Waals surface area contributed by atoms with Gasteiger partial charge in [0.15, 0.2) is 0 Å². The lowest BCUT2D eigenvalue weighted by atomic mass is 10.3. The molecule has 5 nitrogen and oxygen atoms in total. The van der Waals surface area contributed by atoms with E-state index in [0.717, 1.165) is 18.5 Å². The van der Waals surface area contributed by atoms with Crippen LogP contribution < -0.4 is 10.0 Å². The molecule has 0 aliphatic heterocycles. The molecular formula is C15H19N3O2S. The van der Waals surface area contributed by atoms with E-state index >= 15 is 0 Å². The zero-order valence-electron chi connectivity index (χ0n) is 11.9. The van der Waals surface area contributed by atoms with E-state index in [1.165, 1.54) is 0 Å². The van der Waals surface area contributed by atoms with Crippen molar-refractivity contribution in [2.24, 2.45) is 0 Å². The Morgan fingerprint density at radius 3 is 2.52 bits per heavy atom. The number of hydrogen-bond acceptors (Lipinski definition) is 4. The van der Waals surface area contributed by atoms with Gasteiger partial charge in [0, 0.05) is 25.5 Å². The highest BCUT2D eigenvalue weighted by Crippen LogP contribution is 2.20. The molecule has 0 saturated carbocycles. The Kier molecular flexibility index (Phi) is 5.30. The molecule has 0 fully saturated rings. The van der Waals surface area contributed by atoms with Crippen LogP contribution in [0.2, 0.25) is 0 Å². The predicted octanol–water partition coefficient (Wildman–Crippen LogP) is 2.38. The van der Waals surface area contributed by atoms with Crippen LogP contribution in [0, 0.1) is 0 Å². The van der Waals surface area contributed by atoms with E-state index in [1.54, 1.807) is 42.7 Å². The topological polar surface area (TPSA) is 71.1 Å². The number of para-hydroxylation sites is 1. The number of nitrogens with zero attached hydrogens (tertiary/aromatic N) is 1. The number of sulfonamides is 1. The number of anilines is 1. The van der Waals surface area contributed by atoms with Crippen LogP contribution in [0.4, 0.5) is 5.69 Å². The van der Waals surface area contributed by atoms with Crippen molar-refractivity contribution in [1.29, 1.82) is 0 Å². The molecule has 0 bridgehead atoms. The van der Waals surface area contributed by atoms with Crippen molar-refractivity contribution >= 4 is 15.7 Å². The summed E-state index contributed by atoms with van der Waals surface area (Å²) in [6, 6.07) is 10.5. The Bertz CT molecular complexity index is 672. The lowest BCUT2D eigenvalue weighted by Gasteiger charge is -2.12. The number of nitrogens with one attached hydrogen (secondary N) is 2. The summed E-state index contributed by atoms with van der Waals surface area (Å²) in [5, 5.41) is 3.14. The molecule has 0 amide bonds. The number of hydrogen-bond donors (Lipinski definition) is 2. The summed E-state index contributed by atoms with van der Waals surface area (Å²) in [6.45, 7) is 3.01. The van der Waals surface area contributed by atoms with Crippen LogP contribution in [0.15, 0.2) is 53.7 Å². The second-order valence-corrected chi connectivity index (χ2v) is 6.34. The van der Waals surface area contributed by atoms with Crippen LogP contribution in [0.5, 0.6) is 0 Å². The average Bonchev–Trinajstić information content (AvgIpc) is 2.52. The van der Waals surface area contributed by atoms with Gasteiger partial charge in [-0.1, -0.05) is 19.1 Å². The highest BCUT2D eigenvalue weighted by Gasteiger charge is 2.17. The molecule has 0 saturated heterocycles. The average molecular weight is 305 g/mol. The van der Waals surface area contributed by atoms with Gasteiger partial charge in [0.05, 0.1) is 5.69 Å². The third-order valence-corrected chi connectivity index (χ3v) is 4.42. The van der Waals surface area contributed by atoms with Crippen molar-refractivity contribution in [3.05, 3.63) is 54.4 Å². The van der Waals surface area contributed by atoms with E-state index in [0.29, 0.717) is 5.69 Å². The summed E-state index contributed by atoms with van der Waals surface area (Å²) in [5.41, 5.74) is 1.49. The first-order valence-electron chi connectivity index (χ1n) is 6.85. The summed E-state index contributed by atoms with van der Waals surface area (Å²) in [7, 11) is -3.55. The largest absolute Gasteiger partial charge is 0.384 e. The Morgan fingerprint density at radius 2 is 1.81 bits per heavy atom. The number of aromatic nitrogens is 1. The Balaban J connectivity index is 2.15. The molecule has 112 valence electrons. The van der Waals surface area contributed by atoms with E-state index in [2.05, 4.69) is 15.0 Å². The van der Waals surface area contributed by atoms with Crippen LogP contribution in [0.1, 0.15) is 18.9 Å². The van der Waals surface area contributed by atoms with Crippen molar-refractivity contribution in [2.45, 2.75) is 24.8 Å². The summed E-state index contributed by atoms with van der Waals surface area (Å²) < 4.78 is 27.5. The van der Waals surface area contributed by atoms with E-state index in [-0.39, 0.29) is 11.4 Å². The Hall–Kier alpha value is -1.92. The molecule has 1 heterocycles. The first kappa shape index (κ1) is 15.5. The lowest BCUT2D eigenvalue weighted by molar-refractivity contribution is 0.581. The fourth-order valence-electron chi connectivity index (χ4n) is 1.86. The highest BCUT2D eigenvalue weighted by atomic mass is 32.2. The van der Waals surface area contributed by atoms with Crippen molar-refractivity contribution < 1.29 is 8.42 Å². The highest BCUT2D eigenvalue weighted by molar-refractivity contribution is 7.89. The van der Waals surface area contributed by atoms with Gasteiger partial charge >= 0.3 is 0 Å². The standard InChI is InChI=1S/C15H19N3O2S/c1-2-9-17-14-5-3-4-6-15(14)21(19,20)18-12-13-7-10-16-11-8-13/h3-8,10-11,17-18H,2,9,12H2,1H3. The number of benzene rings is 1. The third kappa shape index (κ3) is 4.27. The van der Waals surface area contributed by atoms with Crippen molar-refractivity contribution in [1.82, 2.24) is 9.71 Å². The van der Waals surface area contributed by atoms with Crippen LogP contribution in [-0.4, -0.2) is 19.9 Å². The second-order valence-electron chi connectivity index (χ2n) is 4.60. The van der Waals surface area contributed by atoms with Crippen LogP contribution >= 0.6 is 0 Å². The van der Waals surface area contributed by atoms with E-state index in [1.807, 2.05) is 13.0 Å². The summed E-state index contributed by atoms with van der Waals surface area (Å²) in [4.78, 5) is 4.18.